The van der Waals surface area contributed by atoms with E-state index in [0.29, 0.717) is 68.5 Å². The quantitative estimate of drug-likeness (QED) is 0.0721. The molecule has 378 valence electrons. The number of nitrogens with two attached hydrogens (primary N) is 1. The van der Waals surface area contributed by atoms with Crippen LogP contribution in [0.5, 0.6) is 46.0 Å². The van der Waals surface area contributed by atoms with Crippen LogP contribution in [-0.2, 0) is 31.4 Å². The number of ether oxygens (including phenoxy) is 6. The number of carbonyl (C=O) groups excluding carboxylic acids is 1. The number of hydrogen-bond acceptors (Lipinski definition) is 14. The van der Waals surface area contributed by atoms with Gasteiger partial charge in [-0.1, -0.05) is 42.5 Å². The Morgan fingerprint density at radius 2 is 1.07 bits per heavy atom. The average molecular weight is 1040 g/mol. The Hall–Kier alpha value is -8.91. The highest BCUT2D eigenvalue weighted by Crippen LogP contribution is 2.39. The predicted octanol–water partition coefficient (Wildman–Crippen LogP) is 10.6. The summed E-state index contributed by atoms with van der Waals surface area (Å²) in [6, 6.07) is 44.9. The minimum Gasteiger partial charge on any atom is -0.493 e. The van der Waals surface area contributed by atoms with Crippen LogP contribution in [0.4, 0.5) is 17.1 Å². The first-order valence-electron chi connectivity index (χ1n) is 22.5. The highest BCUT2D eigenvalue weighted by atomic mass is 32.2. The number of methoxy groups -OCH3 is 4. The van der Waals surface area contributed by atoms with E-state index in [-0.39, 0.29) is 22.1 Å². The zero-order chi connectivity index (χ0) is 52.6. The molecule has 0 atom stereocenters. The van der Waals surface area contributed by atoms with E-state index >= 15 is 0 Å². The second-order valence-corrected chi connectivity index (χ2v) is 19.4. The standard InChI is InChI=1S/C26H23N3O6S.C17H16N2O3.C12H10O3S/c1-29-22-9-8-19(12-16(22)13-26(29)30)36(31,32)28-17-4-6-18(7-5-17)35-23-10-11-27-21-15-25(34-3)24(33-2)14-20(21)23;1-20-16-9-13-14(10-17(16)21-2)19-8-7-15(13)22-12-5-3-11(18)4-6-12;13-16(14,15)12-8-4-7-11(9-12)10-5-2-1-3-6-10/h4-12,14-15,28H,13H2,1-3H3;3-10H,18H2,1-2H3;1-9H,(H,13,14,15). The molecule has 0 spiro atoms. The number of amides is 1. The van der Waals surface area contributed by atoms with Gasteiger partial charge in [0.2, 0.25) is 5.91 Å². The predicted molar refractivity (Wildman–Crippen MR) is 283 cm³/mol. The van der Waals surface area contributed by atoms with Crippen LogP contribution in [0.15, 0.2) is 180 Å². The topological polar surface area (TPSA) is 228 Å². The van der Waals surface area contributed by atoms with Crippen LogP contribution in [-0.4, -0.2) is 72.8 Å². The first kappa shape index (κ1) is 51.4. The van der Waals surface area contributed by atoms with Gasteiger partial charge in [-0.25, -0.2) is 8.42 Å². The van der Waals surface area contributed by atoms with Crippen molar-refractivity contribution in [2.75, 3.05) is 50.8 Å². The van der Waals surface area contributed by atoms with Crippen LogP contribution in [0.1, 0.15) is 5.56 Å². The molecule has 2 aromatic heterocycles. The summed E-state index contributed by atoms with van der Waals surface area (Å²) in [5.74, 6) is 4.78. The zero-order valence-corrected chi connectivity index (χ0v) is 42.2. The van der Waals surface area contributed by atoms with Crippen molar-refractivity contribution >= 4 is 64.9 Å². The number of likely N-dealkylation sites (N-methyl/N-ethyl adjacent to an activating group) is 1. The fourth-order valence-corrected chi connectivity index (χ4v) is 9.38. The van der Waals surface area contributed by atoms with Crippen molar-refractivity contribution in [1.29, 1.82) is 0 Å². The third kappa shape index (κ3) is 11.9. The molecular weight excluding hydrogens is 987 g/mol. The van der Waals surface area contributed by atoms with E-state index in [1.54, 1.807) is 121 Å². The highest BCUT2D eigenvalue weighted by molar-refractivity contribution is 7.92. The van der Waals surface area contributed by atoms with Gasteiger partial charge in [0.25, 0.3) is 20.1 Å². The fraction of sp³-hybridized carbons (Fsp3) is 0.109. The van der Waals surface area contributed by atoms with Gasteiger partial charge in [0.05, 0.1) is 55.7 Å². The first-order valence-corrected chi connectivity index (χ1v) is 25.4. The maximum atomic E-state index is 12.9. The summed E-state index contributed by atoms with van der Waals surface area (Å²) in [5, 5.41) is 1.58. The molecule has 4 N–H and O–H groups in total. The Morgan fingerprint density at radius 3 is 1.59 bits per heavy atom. The number of rotatable bonds is 13. The minimum atomic E-state index is -4.13. The lowest BCUT2D eigenvalue weighted by Crippen LogP contribution is -2.20. The maximum Gasteiger partial charge on any atom is 0.294 e. The Morgan fingerprint density at radius 1 is 0.554 bits per heavy atom. The number of anilines is 3. The lowest BCUT2D eigenvalue weighted by molar-refractivity contribution is -0.117. The number of benzene rings is 7. The van der Waals surface area contributed by atoms with Crippen molar-refractivity contribution in [1.82, 2.24) is 9.97 Å². The van der Waals surface area contributed by atoms with E-state index in [0.717, 1.165) is 33.1 Å². The zero-order valence-electron chi connectivity index (χ0n) is 40.5. The normalized spacial score (nSPS) is 11.9. The van der Waals surface area contributed by atoms with Gasteiger partial charge >= 0.3 is 0 Å². The van der Waals surface area contributed by atoms with Gasteiger partial charge in [-0.3, -0.25) is 24.0 Å². The Labute approximate surface area is 427 Å². The number of aromatic nitrogens is 2. The second kappa shape index (κ2) is 22.2. The average Bonchev–Trinajstić information content (AvgIpc) is 3.70. The summed E-state index contributed by atoms with van der Waals surface area (Å²) in [6.07, 6.45) is 3.51. The van der Waals surface area contributed by atoms with E-state index in [9.17, 15) is 21.6 Å². The highest BCUT2D eigenvalue weighted by Gasteiger charge is 2.26. The van der Waals surface area contributed by atoms with Crippen molar-refractivity contribution in [3.05, 3.63) is 176 Å². The summed E-state index contributed by atoms with van der Waals surface area (Å²) in [4.78, 5) is 22.2. The molecule has 0 aliphatic carbocycles. The van der Waals surface area contributed by atoms with E-state index in [4.69, 9.17) is 38.7 Å². The molecule has 19 heteroatoms. The summed E-state index contributed by atoms with van der Waals surface area (Å²) >= 11 is 0. The van der Waals surface area contributed by atoms with Gasteiger partial charge in [-0.2, -0.15) is 8.42 Å². The lowest BCUT2D eigenvalue weighted by atomic mass is 10.1. The molecule has 0 saturated carbocycles. The SMILES string of the molecule is COc1cc2nccc(Oc3ccc(N)cc3)c2cc1OC.COc1cc2nccc(Oc3ccc(NS(=O)(=O)c4ccc5c(c4)CC(=O)N5C)cc3)c2cc1OC.O=S(=O)(O)c1cccc(-c2ccccc2)c1. The Kier molecular flexibility index (Phi) is 15.5. The molecule has 9 aromatic rings. The van der Waals surface area contributed by atoms with Crippen molar-refractivity contribution in [2.45, 2.75) is 16.2 Å². The number of nitrogen functional groups attached to an aromatic ring is 1. The number of carbonyl (C=O) groups is 1. The first-order chi connectivity index (χ1) is 35.6. The van der Waals surface area contributed by atoms with Crippen LogP contribution in [0.25, 0.3) is 32.9 Å². The molecule has 7 aromatic carbocycles. The van der Waals surface area contributed by atoms with Crippen molar-refractivity contribution in [3.63, 3.8) is 0 Å². The second-order valence-electron chi connectivity index (χ2n) is 16.3. The molecule has 74 heavy (non-hydrogen) atoms. The third-order valence-corrected chi connectivity index (χ3v) is 13.8. The fourth-order valence-electron chi connectivity index (χ4n) is 7.75. The molecule has 0 saturated heterocycles. The van der Waals surface area contributed by atoms with E-state index in [1.807, 2.05) is 60.7 Å². The number of pyridine rings is 2. The van der Waals surface area contributed by atoms with E-state index < -0.39 is 20.1 Å². The molecule has 3 heterocycles. The van der Waals surface area contributed by atoms with Crippen molar-refractivity contribution in [3.8, 4) is 57.1 Å². The van der Waals surface area contributed by atoms with Crippen LogP contribution in [0, 0.1) is 0 Å². The Bertz CT molecular complexity index is 3720. The molecular formula is C55H49N5O12S2. The van der Waals surface area contributed by atoms with E-state index in [1.165, 1.54) is 29.2 Å². The van der Waals surface area contributed by atoms with E-state index in [2.05, 4.69) is 14.7 Å². The summed E-state index contributed by atoms with van der Waals surface area (Å²) in [7, 11) is 0.00952. The number of fused-ring (bicyclic) bond motifs is 3. The molecule has 0 unspecified atom stereocenters. The molecule has 1 amide bonds. The maximum absolute atomic E-state index is 12.9. The number of hydrogen-bond donors (Lipinski definition) is 3. The van der Waals surface area contributed by atoms with Gasteiger partial charge in [0.1, 0.15) is 23.0 Å². The van der Waals surface area contributed by atoms with Gasteiger partial charge in [0, 0.05) is 59.4 Å². The third-order valence-electron chi connectivity index (χ3n) is 11.5. The molecule has 0 radical (unpaired) electrons. The van der Waals surface area contributed by atoms with Crippen molar-refractivity contribution < 1.29 is 54.6 Å². The molecule has 0 fully saturated rings. The molecule has 10 rings (SSSR count). The number of nitrogens with zero attached hydrogens (tertiary/aromatic N) is 3. The minimum absolute atomic E-state index is 0.0670. The van der Waals surface area contributed by atoms with Crippen LogP contribution in [0.2, 0.25) is 0 Å². The number of sulfonamides is 1. The Balaban J connectivity index is 0.000000163. The van der Waals surface area contributed by atoms with Gasteiger partial charge in [0.15, 0.2) is 23.0 Å². The smallest absolute Gasteiger partial charge is 0.294 e. The molecule has 1 aliphatic heterocycles. The largest absolute Gasteiger partial charge is 0.493 e. The summed E-state index contributed by atoms with van der Waals surface area (Å²) in [5.41, 5.74) is 11.3. The lowest BCUT2D eigenvalue weighted by Gasteiger charge is -2.13. The summed E-state index contributed by atoms with van der Waals surface area (Å²) in [6.45, 7) is 0. The molecule has 17 nitrogen and oxygen atoms in total. The summed E-state index contributed by atoms with van der Waals surface area (Å²) < 4.78 is 92.7. The van der Waals surface area contributed by atoms with Gasteiger partial charge < -0.3 is 39.1 Å². The molecule has 0 bridgehead atoms. The monoisotopic (exact) mass is 1040 g/mol. The van der Waals surface area contributed by atoms with Crippen LogP contribution in [0.3, 0.4) is 0 Å². The van der Waals surface area contributed by atoms with Crippen LogP contribution < -0.4 is 43.8 Å². The number of nitrogens with one attached hydrogen (secondary N) is 1. The van der Waals surface area contributed by atoms with Gasteiger partial charge in [-0.05, 0) is 120 Å². The van der Waals surface area contributed by atoms with Crippen molar-refractivity contribution in [2.24, 2.45) is 0 Å². The molecule has 1 aliphatic rings. The van der Waals surface area contributed by atoms with Crippen LogP contribution >= 0.6 is 0 Å². The van der Waals surface area contributed by atoms with Gasteiger partial charge in [-0.15, -0.1) is 0 Å².